The molecule has 7 heteroatoms. The molecule has 2 heterocycles. The van der Waals surface area contributed by atoms with E-state index in [-0.39, 0.29) is 23.7 Å². The highest BCUT2D eigenvalue weighted by molar-refractivity contribution is 5.79. The molecule has 132 valence electrons. The molecule has 0 bridgehead atoms. The van der Waals surface area contributed by atoms with E-state index >= 15 is 0 Å². The minimum Gasteiger partial charge on any atom is -0.435 e. The van der Waals surface area contributed by atoms with Crippen LogP contribution in [-0.2, 0) is 16.0 Å². The second-order valence-corrected chi connectivity index (χ2v) is 6.54. The highest BCUT2D eigenvalue weighted by atomic mass is 19.3. The highest BCUT2D eigenvalue weighted by Crippen LogP contribution is 2.28. The van der Waals surface area contributed by atoms with Gasteiger partial charge in [0.2, 0.25) is 5.91 Å². The fraction of sp³-hybridized carbons (Fsp3) is 0.588. The number of likely N-dealkylation sites (tertiary alicyclic amines) is 1. The normalized spacial score (nSPS) is 24.8. The van der Waals surface area contributed by atoms with Crippen molar-refractivity contribution < 1.29 is 23.0 Å². The van der Waals surface area contributed by atoms with E-state index in [9.17, 15) is 13.6 Å². The number of morpholine rings is 1. The Kier molecular flexibility index (Phi) is 5.01. The van der Waals surface area contributed by atoms with E-state index in [1.165, 1.54) is 12.1 Å². The lowest BCUT2D eigenvalue weighted by atomic mass is 10.00. The molecule has 2 fully saturated rings. The molecule has 1 atom stereocenters. The number of rotatable bonds is 4. The third-order valence-electron chi connectivity index (χ3n) is 4.59. The molecule has 5 nitrogen and oxygen atoms in total. The van der Waals surface area contributed by atoms with Gasteiger partial charge in [-0.15, -0.1) is 0 Å². The highest BCUT2D eigenvalue weighted by Gasteiger charge is 2.42. The number of halogens is 2. The third-order valence-corrected chi connectivity index (χ3v) is 4.59. The van der Waals surface area contributed by atoms with Crippen LogP contribution in [0.15, 0.2) is 24.3 Å². The zero-order chi connectivity index (χ0) is 17.2. The number of amides is 1. The van der Waals surface area contributed by atoms with Gasteiger partial charge in [0.1, 0.15) is 5.75 Å². The summed E-state index contributed by atoms with van der Waals surface area (Å²) in [5.74, 6) is 0.0626. The number of hydrogen-bond acceptors (Lipinski definition) is 4. The van der Waals surface area contributed by atoms with Gasteiger partial charge in [-0.05, 0) is 31.2 Å². The standard InChI is InChI=1S/C17H22F2N2O3/c1-20-6-5-17(11-20)12-21(7-8-23-17)15(22)10-13-3-2-4-14(9-13)24-16(18)19/h2-4,9,16H,5-8,10-12H2,1H3. The van der Waals surface area contributed by atoms with Crippen LogP contribution in [0.4, 0.5) is 8.78 Å². The molecule has 24 heavy (non-hydrogen) atoms. The van der Waals surface area contributed by atoms with Crippen LogP contribution in [0.3, 0.4) is 0 Å². The van der Waals surface area contributed by atoms with E-state index in [4.69, 9.17) is 4.74 Å². The lowest BCUT2D eigenvalue weighted by molar-refractivity contribution is -0.148. The van der Waals surface area contributed by atoms with Crippen molar-refractivity contribution in [2.24, 2.45) is 0 Å². The van der Waals surface area contributed by atoms with E-state index in [0.717, 1.165) is 19.5 Å². The molecule has 1 aromatic rings. The molecule has 1 aromatic carbocycles. The van der Waals surface area contributed by atoms with Gasteiger partial charge in [0, 0.05) is 19.6 Å². The minimum absolute atomic E-state index is 0.0126. The zero-order valence-corrected chi connectivity index (χ0v) is 13.7. The summed E-state index contributed by atoms with van der Waals surface area (Å²) < 4.78 is 34.9. The Bertz CT molecular complexity index is 595. The van der Waals surface area contributed by atoms with Crippen molar-refractivity contribution in [1.82, 2.24) is 9.80 Å². The van der Waals surface area contributed by atoms with Gasteiger partial charge in [-0.2, -0.15) is 8.78 Å². The maximum absolute atomic E-state index is 12.6. The van der Waals surface area contributed by atoms with Crippen LogP contribution in [0.1, 0.15) is 12.0 Å². The van der Waals surface area contributed by atoms with Gasteiger partial charge in [0.05, 0.1) is 25.2 Å². The van der Waals surface area contributed by atoms with Crippen molar-refractivity contribution in [3.05, 3.63) is 29.8 Å². The first-order valence-corrected chi connectivity index (χ1v) is 8.10. The molecule has 1 spiro atoms. The molecule has 0 radical (unpaired) electrons. The summed E-state index contributed by atoms with van der Waals surface area (Å²) in [7, 11) is 2.05. The van der Waals surface area contributed by atoms with E-state index in [2.05, 4.69) is 9.64 Å². The van der Waals surface area contributed by atoms with Crippen molar-refractivity contribution in [1.29, 1.82) is 0 Å². The molecular formula is C17H22F2N2O3. The van der Waals surface area contributed by atoms with Gasteiger partial charge in [0.25, 0.3) is 0 Å². The monoisotopic (exact) mass is 340 g/mol. The number of carbonyl (C=O) groups excluding carboxylic acids is 1. The number of hydrogen-bond donors (Lipinski definition) is 0. The van der Waals surface area contributed by atoms with Gasteiger partial charge < -0.3 is 19.3 Å². The van der Waals surface area contributed by atoms with Gasteiger partial charge in [-0.1, -0.05) is 12.1 Å². The van der Waals surface area contributed by atoms with Gasteiger partial charge in [-0.3, -0.25) is 4.79 Å². The average molecular weight is 340 g/mol. The second-order valence-electron chi connectivity index (χ2n) is 6.54. The Hall–Kier alpha value is -1.73. The number of carbonyl (C=O) groups is 1. The third kappa shape index (κ3) is 4.02. The fourth-order valence-corrected chi connectivity index (χ4v) is 3.47. The summed E-state index contributed by atoms with van der Waals surface area (Å²) in [4.78, 5) is 16.6. The summed E-state index contributed by atoms with van der Waals surface area (Å²) in [5.41, 5.74) is 0.408. The smallest absolute Gasteiger partial charge is 0.387 e. The number of nitrogens with zero attached hydrogens (tertiary/aromatic N) is 2. The fourth-order valence-electron chi connectivity index (χ4n) is 3.47. The summed E-state index contributed by atoms with van der Waals surface area (Å²) in [6, 6.07) is 6.31. The number of benzene rings is 1. The maximum Gasteiger partial charge on any atom is 0.387 e. The molecule has 1 amide bonds. The van der Waals surface area contributed by atoms with E-state index < -0.39 is 6.61 Å². The number of alkyl halides is 2. The molecule has 1 unspecified atom stereocenters. The zero-order valence-electron chi connectivity index (χ0n) is 13.7. The average Bonchev–Trinajstić information content (AvgIpc) is 2.87. The van der Waals surface area contributed by atoms with Crippen molar-refractivity contribution in [2.75, 3.05) is 39.8 Å². The lowest BCUT2D eigenvalue weighted by Crippen LogP contribution is -2.55. The molecule has 0 aliphatic carbocycles. The van der Waals surface area contributed by atoms with Crippen molar-refractivity contribution >= 4 is 5.91 Å². The molecule has 2 aliphatic rings. The first kappa shape index (κ1) is 17.1. The van der Waals surface area contributed by atoms with Crippen LogP contribution in [0.5, 0.6) is 5.75 Å². The SMILES string of the molecule is CN1CCC2(C1)CN(C(=O)Cc1cccc(OC(F)F)c1)CCO2. The first-order valence-electron chi connectivity index (χ1n) is 8.10. The predicted octanol–water partition coefficient (Wildman–Crippen LogP) is 1.76. The molecule has 2 aliphatic heterocycles. The quantitative estimate of drug-likeness (QED) is 0.838. The Morgan fingerprint density at radius 3 is 2.92 bits per heavy atom. The number of ether oxygens (including phenoxy) is 2. The van der Waals surface area contributed by atoms with Crippen molar-refractivity contribution in [3.63, 3.8) is 0 Å². The van der Waals surface area contributed by atoms with Crippen LogP contribution >= 0.6 is 0 Å². The predicted molar refractivity (Wildman–Crippen MR) is 84.2 cm³/mol. The Labute approximate surface area is 140 Å². The summed E-state index contributed by atoms with van der Waals surface area (Å²) in [6.45, 7) is 0.618. The van der Waals surface area contributed by atoms with Crippen LogP contribution in [0, 0.1) is 0 Å². The molecule has 0 N–H and O–H groups in total. The van der Waals surface area contributed by atoms with E-state index in [0.29, 0.717) is 25.3 Å². The molecule has 0 aromatic heterocycles. The topological polar surface area (TPSA) is 42.0 Å². The number of likely N-dealkylation sites (N-methyl/N-ethyl adjacent to an activating group) is 1. The summed E-state index contributed by atoms with van der Waals surface area (Å²) in [5, 5.41) is 0. The summed E-state index contributed by atoms with van der Waals surface area (Å²) >= 11 is 0. The molecule has 0 saturated carbocycles. The second kappa shape index (κ2) is 7.03. The minimum atomic E-state index is -2.87. The lowest BCUT2D eigenvalue weighted by Gasteiger charge is -2.40. The Morgan fingerprint density at radius 2 is 2.21 bits per heavy atom. The van der Waals surface area contributed by atoms with Crippen LogP contribution in [-0.4, -0.2) is 67.8 Å². The maximum atomic E-state index is 12.6. The first-order chi connectivity index (χ1) is 11.5. The van der Waals surface area contributed by atoms with Crippen molar-refractivity contribution in [2.45, 2.75) is 25.1 Å². The summed E-state index contributed by atoms with van der Waals surface area (Å²) in [6.07, 6.45) is 1.09. The van der Waals surface area contributed by atoms with Gasteiger partial charge >= 0.3 is 6.61 Å². The van der Waals surface area contributed by atoms with Crippen LogP contribution < -0.4 is 4.74 Å². The molecular weight excluding hydrogens is 318 g/mol. The van der Waals surface area contributed by atoms with Gasteiger partial charge in [0.15, 0.2) is 0 Å². The Morgan fingerprint density at radius 1 is 1.38 bits per heavy atom. The van der Waals surface area contributed by atoms with E-state index in [1.807, 2.05) is 11.9 Å². The van der Waals surface area contributed by atoms with E-state index in [1.54, 1.807) is 12.1 Å². The van der Waals surface area contributed by atoms with Gasteiger partial charge in [-0.25, -0.2) is 0 Å². The van der Waals surface area contributed by atoms with Crippen molar-refractivity contribution in [3.8, 4) is 5.75 Å². The van der Waals surface area contributed by atoms with Crippen LogP contribution in [0.2, 0.25) is 0 Å². The molecule has 2 saturated heterocycles. The Balaban J connectivity index is 1.62. The largest absolute Gasteiger partial charge is 0.435 e. The molecule has 3 rings (SSSR count). The van der Waals surface area contributed by atoms with Crippen LogP contribution in [0.25, 0.3) is 0 Å².